The van der Waals surface area contributed by atoms with E-state index < -0.39 is 6.04 Å². The van der Waals surface area contributed by atoms with Gasteiger partial charge in [0, 0.05) is 16.7 Å². The Labute approximate surface area is 125 Å². The van der Waals surface area contributed by atoms with Gasteiger partial charge in [0.15, 0.2) is 0 Å². The Balaban J connectivity index is 2.77. The summed E-state index contributed by atoms with van der Waals surface area (Å²) in [4.78, 5) is 25.9. The number of hydrogen-bond donors (Lipinski definition) is 2. The van der Waals surface area contributed by atoms with Gasteiger partial charge < -0.3 is 10.6 Å². The molecule has 2 N–H and O–H groups in total. The zero-order valence-corrected chi connectivity index (χ0v) is 13.9. The van der Waals surface area contributed by atoms with Crippen LogP contribution in [0.5, 0.6) is 0 Å². The van der Waals surface area contributed by atoms with E-state index in [1.165, 1.54) is 16.7 Å². The largest absolute Gasteiger partial charge is 0.348 e. The second kappa shape index (κ2) is 6.88. The van der Waals surface area contributed by atoms with Crippen molar-refractivity contribution < 1.29 is 9.59 Å². The smallest absolute Gasteiger partial charge is 0.243 e. The molecule has 0 aliphatic rings. The summed E-state index contributed by atoms with van der Waals surface area (Å²) in [6.07, 6.45) is 0. The van der Waals surface area contributed by atoms with Gasteiger partial charge in [0.25, 0.3) is 0 Å². The van der Waals surface area contributed by atoms with Crippen LogP contribution in [0, 0.1) is 19.8 Å². The molecule has 0 fully saturated rings. The average Bonchev–Trinajstić information content (AvgIpc) is 2.64. The average molecular weight is 296 g/mol. The summed E-state index contributed by atoms with van der Waals surface area (Å²) in [7, 11) is 0. The summed E-state index contributed by atoms with van der Waals surface area (Å²) < 4.78 is 0. The Morgan fingerprint density at radius 3 is 2.15 bits per heavy atom. The van der Waals surface area contributed by atoms with Crippen molar-refractivity contribution in [2.24, 2.45) is 5.92 Å². The van der Waals surface area contributed by atoms with E-state index in [-0.39, 0.29) is 23.8 Å². The third-order valence-electron chi connectivity index (χ3n) is 3.21. The minimum absolute atomic E-state index is 0.0522. The van der Waals surface area contributed by atoms with Gasteiger partial charge in [-0.1, -0.05) is 13.8 Å². The van der Waals surface area contributed by atoms with Crippen LogP contribution >= 0.6 is 11.3 Å². The van der Waals surface area contributed by atoms with Gasteiger partial charge >= 0.3 is 0 Å². The van der Waals surface area contributed by atoms with Crippen molar-refractivity contribution >= 4 is 23.2 Å². The van der Waals surface area contributed by atoms with Crippen LogP contribution in [0.25, 0.3) is 0 Å². The monoisotopic (exact) mass is 296 g/mol. The van der Waals surface area contributed by atoms with E-state index in [4.69, 9.17) is 0 Å². The molecule has 0 bridgehead atoms. The molecule has 1 heterocycles. The van der Waals surface area contributed by atoms with Gasteiger partial charge in [-0.3, -0.25) is 9.59 Å². The van der Waals surface area contributed by atoms with Crippen LogP contribution in [0.1, 0.15) is 49.1 Å². The van der Waals surface area contributed by atoms with Crippen LogP contribution in [-0.2, 0) is 9.59 Å². The summed E-state index contributed by atoms with van der Waals surface area (Å²) >= 11 is 1.73. The quantitative estimate of drug-likeness (QED) is 0.877. The summed E-state index contributed by atoms with van der Waals surface area (Å²) in [5.74, 6) is -0.267. The molecule has 2 amide bonds. The molecule has 112 valence electrons. The molecule has 1 rings (SSSR count). The van der Waals surface area contributed by atoms with E-state index in [9.17, 15) is 9.59 Å². The van der Waals surface area contributed by atoms with Crippen LogP contribution < -0.4 is 10.6 Å². The highest BCUT2D eigenvalue weighted by Crippen LogP contribution is 2.26. The van der Waals surface area contributed by atoms with Crippen molar-refractivity contribution in [3.63, 3.8) is 0 Å². The molecule has 0 aliphatic carbocycles. The number of aryl methyl sites for hydroxylation is 2. The van der Waals surface area contributed by atoms with Crippen LogP contribution in [0.4, 0.5) is 0 Å². The Hall–Kier alpha value is -1.36. The van der Waals surface area contributed by atoms with E-state index in [2.05, 4.69) is 30.5 Å². The van der Waals surface area contributed by atoms with Crippen LogP contribution in [0.3, 0.4) is 0 Å². The second-order valence-corrected chi connectivity index (χ2v) is 6.98. The predicted octanol–water partition coefficient (Wildman–Crippen LogP) is 2.70. The maximum absolute atomic E-state index is 12.3. The maximum atomic E-state index is 12.3. The van der Waals surface area contributed by atoms with Crippen molar-refractivity contribution in [2.75, 3.05) is 0 Å². The SMILES string of the molecule is CC(=O)N[C@H](C(=O)N[C@@H](C)c1cc(C)sc1C)C(C)C. The van der Waals surface area contributed by atoms with E-state index in [0.29, 0.717) is 0 Å². The van der Waals surface area contributed by atoms with Crippen molar-refractivity contribution in [3.8, 4) is 0 Å². The molecule has 0 spiro atoms. The van der Waals surface area contributed by atoms with Gasteiger partial charge in [-0.25, -0.2) is 0 Å². The minimum atomic E-state index is -0.491. The molecular formula is C15H24N2O2S. The van der Waals surface area contributed by atoms with Gasteiger partial charge in [0.1, 0.15) is 6.04 Å². The number of amides is 2. The standard InChI is InChI=1S/C15H24N2O2S/c1-8(2)14(17-12(6)18)15(19)16-10(4)13-7-9(3)20-11(13)5/h7-8,10,14H,1-6H3,(H,16,19)(H,17,18)/t10-,14-/m0/s1. The van der Waals surface area contributed by atoms with Crippen molar-refractivity contribution in [1.29, 1.82) is 0 Å². The van der Waals surface area contributed by atoms with Gasteiger partial charge in [-0.05, 0) is 38.3 Å². The van der Waals surface area contributed by atoms with Crippen molar-refractivity contribution in [3.05, 3.63) is 21.4 Å². The lowest BCUT2D eigenvalue weighted by Gasteiger charge is -2.23. The van der Waals surface area contributed by atoms with Crippen LogP contribution in [0.2, 0.25) is 0 Å². The lowest BCUT2D eigenvalue weighted by Crippen LogP contribution is -2.49. The van der Waals surface area contributed by atoms with Crippen LogP contribution in [0.15, 0.2) is 6.07 Å². The Bertz CT molecular complexity index is 494. The first kappa shape index (κ1) is 16.7. The number of thiophene rings is 1. The number of carbonyl (C=O) groups is 2. The topological polar surface area (TPSA) is 58.2 Å². The maximum Gasteiger partial charge on any atom is 0.243 e. The molecule has 0 saturated heterocycles. The molecule has 0 radical (unpaired) electrons. The highest BCUT2D eigenvalue weighted by molar-refractivity contribution is 7.12. The predicted molar refractivity (Wildman–Crippen MR) is 82.8 cm³/mol. The summed E-state index contributed by atoms with van der Waals surface area (Å²) in [6, 6.07) is 1.56. The fraction of sp³-hybridized carbons (Fsp3) is 0.600. The third kappa shape index (κ3) is 4.34. The number of carbonyl (C=O) groups excluding carboxylic acids is 2. The second-order valence-electron chi connectivity index (χ2n) is 5.52. The number of rotatable bonds is 5. The minimum Gasteiger partial charge on any atom is -0.348 e. The van der Waals surface area contributed by atoms with Gasteiger partial charge in [-0.2, -0.15) is 0 Å². The van der Waals surface area contributed by atoms with E-state index in [1.54, 1.807) is 11.3 Å². The highest BCUT2D eigenvalue weighted by atomic mass is 32.1. The lowest BCUT2D eigenvalue weighted by molar-refractivity contribution is -0.129. The van der Waals surface area contributed by atoms with E-state index in [1.807, 2.05) is 20.8 Å². The first-order valence-electron chi connectivity index (χ1n) is 6.86. The number of hydrogen-bond acceptors (Lipinski definition) is 3. The molecule has 5 heteroatoms. The molecule has 0 aliphatic heterocycles. The summed E-state index contributed by atoms with van der Waals surface area (Å²) in [5, 5.41) is 5.70. The highest BCUT2D eigenvalue weighted by Gasteiger charge is 2.25. The number of nitrogens with one attached hydrogen (secondary N) is 2. The Morgan fingerprint density at radius 2 is 1.75 bits per heavy atom. The fourth-order valence-electron chi connectivity index (χ4n) is 2.22. The molecule has 20 heavy (non-hydrogen) atoms. The third-order valence-corrected chi connectivity index (χ3v) is 4.19. The molecule has 0 saturated carbocycles. The molecule has 1 aromatic rings. The van der Waals surface area contributed by atoms with E-state index >= 15 is 0 Å². The van der Waals surface area contributed by atoms with Crippen LogP contribution in [-0.4, -0.2) is 17.9 Å². The zero-order chi connectivity index (χ0) is 15.4. The Kier molecular flexibility index (Phi) is 5.74. The van der Waals surface area contributed by atoms with E-state index in [0.717, 1.165) is 5.56 Å². The molecular weight excluding hydrogens is 272 g/mol. The Morgan fingerprint density at radius 1 is 1.15 bits per heavy atom. The first-order valence-corrected chi connectivity index (χ1v) is 7.68. The fourth-order valence-corrected chi connectivity index (χ4v) is 3.24. The normalized spacial score (nSPS) is 13.9. The first-order chi connectivity index (χ1) is 9.22. The van der Waals surface area contributed by atoms with Gasteiger partial charge in [0.2, 0.25) is 11.8 Å². The summed E-state index contributed by atoms with van der Waals surface area (Å²) in [6.45, 7) is 11.4. The molecule has 2 atom stereocenters. The van der Waals surface area contributed by atoms with Gasteiger partial charge in [-0.15, -0.1) is 11.3 Å². The molecule has 0 unspecified atom stereocenters. The van der Waals surface area contributed by atoms with Gasteiger partial charge in [0.05, 0.1) is 6.04 Å². The lowest BCUT2D eigenvalue weighted by atomic mass is 10.0. The van der Waals surface area contributed by atoms with Crippen molar-refractivity contribution in [1.82, 2.24) is 10.6 Å². The zero-order valence-electron chi connectivity index (χ0n) is 13.0. The molecule has 1 aromatic heterocycles. The molecule has 4 nitrogen and oxygen atoms in total. The molecule has 0 aromatic carbocycles. The summed E-state index contributed by atoms with van der Waals surface area (Å²) in [5.41, 5.74) is 1.14. The van der Waals surface area contributed by atoms with Crippen molar-refractivity contribution in [2.45, 2.75) is 53.6 Å².